The first kappa shape index (κ1) is 10.2. The summed E-state index contributed by atoms with van der Waals surface area (Å²) < 4.78 is 0. The predicted molar refractivity (Wildman–Crippen MR) is 52.6 cm³/mol. The predicted octanol–water partition coefficient (Wildman–Crippen LogP) is 0.398. The highest BCUT2D eigenvalue weighted by Crippen LogP contribution is 1.92. The molecule has 0 radical (unpaired) electrons. The molecule has 5 heteroatoms. The average molecular weight is 193 g/mol. The van der Waals surface area contributed by atoms with E-state index in [9.17, 15) is 4.79 Å². The molecule has 0 unspecified atom stereocenters. The fourth-order valence-corrected chi connectivity index (χ4v) is 0.812. The number of hydrogen-bond donors (Lipinski definition) is 2. The summed E-state index contributed by atoms with van der Waals surface area (Å²) in [5.74, 6) is -0.942. The van der Waals surface area contributed by atoms with Gasteiger partial charge < -0.3 is 10.4 Å². The van der Waals surface area contributed by atoms with Crippen LogP contribution in [0.1, 0.15) is 10.4 Å². The zero-order valence-electron chi connectivity index (χ0n) is 7.55. The van der Waals surface area contributed by atoms with Crippen LogP contribution in [-0.2, 0) is 0 Å². The van der Waals surface area contributed by atoms with Crippen molar-refractivity contribution in [2.24, 2.45) is 4.99 Å². The van der Waals surface area contributed by atoms with Gasteiger partial charge in [-0.25, -0.2) is 4.79 Å². The largest absolute Gasteiger partial charge is 0.478 e. The van der Waals surface area contributed by atoms with Crippen molar-refractivity contribution in [3.05, 3.63) is 30.1 Å². The van der Waals surface area contributed by atoms with Crippen molar-refractivity contribution in [1.29, 1.82) is 0 Å². The molecule has 0 amide bonds. The molecule has 0 bridgehead atoms. The van der Waals surface area contributed by atoms with Gasteiger partial charge in [-0.3, -0.25) is 9.98 Å². The first-order chi connectivity index (χ1) is 6.80. The maximum atomic E-state index is 10.2. The van der Waals surface area contributed by atoms with Crippen molar-refractivity contribution in [3.8, 4) is 0 Å². The van der Waals surface area contributed by atoms with E-state index in [-0.39, 0.29) is 5.56 Å². The standard InChI is InChI=1S/C6H5NO2.C3H6N2/c8-6(9)5-2-1-3-7-4-5;1-2-5-3-4-1/h1-4H,(H,8,9);3H,1-2H2,(H,4,5). The average Bonchev–Trinajstić information content (AvgIpc) is 2.77. The van der Waals surface area contributed by atoms with E-state index in [1.807, 2.05) is 0 Å². The van der Waals surface area contributed by atoms with Gasteiger partial charge in [0.05, 0.1) is 18.4 Å². The number of aliphatic imine (C=N–C) groups is 1. The van der Waals surface area contributed by atoms with Gasteiger partial charge in [0.25, 0.3) is 0 Å². The molecule has 0 saturated heterocycles. The highest BCUT2D eigenvalue weighted by atomic mass is 16.4. The van der Waals surface area contributed by atoms with Crippen molar-refractivity contribution < 1.29 is 9.90 Å². The van der Waals surface area contributed by atoms with Crippen LogP contribution < -0.4 is 5.32 Å². The van der Waals surface area contributed by atoms with E-state index in [1.54, 1.807) is 12.4 Å². The smallest absolute Gasteiger partial charge is 0.337 e. The molecular formula is C9H11N3O2. The second kappa shape index (κ2) is 5.69. The Hall–Kier alpha value is -1.91. The minimum atomic E-state index is -0.942. The molecule has 1 aromatic rings. The molecule has 74 valence electrons. The number of carboxylic acids is 1. The number of aromatic nitrogens is 1. The van der Waals surface area contributed by atoms with Crippen LogP contribution in [0.5, 0.6) is 0 Å². The summed E-state index contributed by atoms with van der Waals surface area (Å²) in [4.78, 5) is 17.6. The Bertz CT molecular complexity index is 305. The number of rotatable bonds is 1. The lowest BCUT2D eigenvalue weighted by Gasteiger charge is -1.87. The topological polar surface area (TPSA) is 74.6 Å². The van der Waals surface area contributed by atoms with Gasteiger partial charge in [0, 0.05) is 18.9 Å². The minimum absolute atomic E-state index is 0.220. The Labute approximate surface area is 81.5 Å². The molecule has 0 saturated carbocycles. The molecule has 2 N–H and O–H groups in total. The monoisotopic (exact) mass is 193 g/mol. The van der Waals surface area contributed by atoms with E-state index in [2.05, 4.69) is 15.3 Å². The fourth-order valence-electron chi connectivity index (χ4n) is 0.812. The van der Waals surface area contributed by atoms with Gasteiger partial charge in [-0.15, -0.1) is 0 Å². The molecule has 1 aliphatic rings. The lowest BCUT2D eigenvalue weighted by atomic mass is 10.3. The van der Waals surface area contributed by atoms with Crippen molar-refractivity contribution in [2.45, 2.75) is 0 Å². The molecule has 0 aliphatic carbocycles. The summed E-state index contributed by atoms with van der Waals surface area (Å²) >= 11 is 0. The summed E-state index contributed by atoms with van der Waals surface area (Å²) in [5.41, 5.74) is 0.220. The van der Waals surface area contributed by atoms with Gasteiger partial charge in [-0.05, 0) is 12.1 Å². The summed E-state index contributed by atoms with van der Waals surface area (Å²) in [5, 5.41) is 11.3. The fraction of sp³-hybridized carbons (Fsp3) is 0.222. The highest BCUT2D eigenvalue weighted by molar-refractivity contribution is 5.86. The van der Waals surface area contributed by atoms with Crippen LogP contribution in [-0.4, -0.2) is 35.5 Å². The minimum Gasteiger partial charge on any atom is -0.478 e. The van der Waals surface area contributed by atoms with Crippen LogP contribution in [0, 0.1) is 0 Å². The molecule has 2 rings (SSSR count). The number of nitrogens with one attached hydrogen (secondary N) is 1. The number of carbonyl (C=O) groups is 1. The van der Waals surface area contributed by atoms with E-state index in [4.69, 9.17) is 5.11 Å². The Morgan fingerprint density at radius 2 is 2.43 bits per heavy atom. The molecule has 0 fully saturated rings. The second-order valence-electron chi connectivity index (χ2n) is 2.54. The van der Waals surface area contributed by atoms with Crippen LogP contribution in [0.25, 0.3) is 0 Å². The second-order valence-corrected chi connectivity index (χ2v) is 2.54. The Morgan fingerprint density at radius 3 is 2.71 bits per heavy atom. The Kier molecular flexibility index (Phi) is 4.13. The van der Waals surface area contributed by atoms with Crippen molar-refractivity contribution in [3.63, 3.8) is 0 Å². The van der Waals surface area contributed by atoms with Crippen LogP contribution in [0.2, 0.25) is 0 Å². The SMILES string of the molecule is C1=NCCN1.O=C(O)c1cccnc1. The van der Waals surface area contributed by atoms with Gasteiger partial charge in [-0.2, -0.15) is 0 Å². The van der Waals surface area contributed by atoms with E-state index < -0.39 is 5.97 Å². The van der Waals surface area contributed by atoms with Gasteiger partial charge >= 0.3 is 5.97 Å². The van der Waals surface area contributed by atoms with Gasteiger partial charge in [-0.1, -0.05) is 0 Å². The van der Waals surface area contributed by atoms with Crippen LogP contribution >= 0.6 is 0 Å². The molecule has 0 aromatic carbocycles. The maximum Gasteiger partial charge on any atom is 0.337 e. The molecule has 0 atom stereocenters. The first-order valence-corrected chi connectivity index (χ1v) is 4.15. The normalized spacial score (nSPS) is 12.6. The molecule has 1 aliphatic heterocycles. The third-order valence-corrected chi connectivity index (χ3v) is 1.48. The number of pyridine rings is 1. The third kappa shape index (κ3) is 3.66. The maximum absolute atomic E-state index is 10.2. The summed E-state index contributed by atoms with van der Waals surface area (Å²) in [6.07, 6.45) is 4.58. The number of carboxylic acid groups (broad SMARTS) is 1. The molecule has 5 nitrogen and oxygen atoms in total. The Balaban J connectivity index is 0.000000165. The Morgan fingerprint density at radius 1 is 1.57 bits per heavy atom. The van der Waals surface area contributed by atoms with Crippen LogP contribution in [0.3, 0.4) is 0 Å². The first-order valence-electron chi connectivity index (χ1n) is 4.15. The summed E-state index contributed by atoms with van der Waals surface area (Å²) in [6.45, 7) is 1.99. The van der Waals surface area contributed by atoms with E-state index in [0.717, 1.165) is 13.1 Å². The quantitative estimate of drug-likeness (QED) is 0.677. The number of aromatic carboxylic acids is 1. The lowest BCUT2D eigenvalue weighted by Crippen LogP contribution is -2.04. The van der Waals surface area contributed by atoms with Crippen molar-refractivity contribution in [1.82, 2.24) is 10.3 Å². The van der Waals surface area contributed by atoms with Gasteiger partial charge in [0.2, 0.25) is 0 Å². The molecule has 0 spiro atoms. The zero-order chi connectivity index (χ0) is 10.2. The van der Waals surface area contributed by atoms with E-state index >= 15 is 0 Å². The van der Waals surface area contributed by atoms with Gasteiger partial charge in [0.1, 0.15) is 0 Å². The lowest BCUT2D eigenvalue weighted by molar-refractivity contribution is 0.0696. The summed E-state index contributed by atoms with van der Waals surface area (Å²) in [7, 11) is 0. The van der Waals surface area contributed by atoms with E-state index in [0.29, 0.717) is 0 Å². The molecule has 14 heavy (non-hydrogen) atoms. The molecule has 1 aromatic heterocycles. The van der Waals surface area contributed by atoms with Crippen LogP contribution in [0.15, 0.2) is 29.5 Å². The van der Waals surface area contributed by atoms with Gasteiger partial charge in [0.15, 0.2) is 0 Å². The zero-order valence-corrected chi connectivity index (χ0v) is 7.55. The van der Waals surface area contributed by atoms with Crippen LogP contribution in [0.4, 0.5) is 0 Å². The van der Waals surface area contributed by atoms with Crippen molar-refractivity contribution >= 4 is 12.3 Å². The van der Waals surface area contributed by atoms with Crippen molar-refractivity contribution in [2.75, 3.05) is 13.1 Å². The number of hydrogen-bond acceptors (Lipinski definition) is 4. The molecule has 2 heterocycles. The highest BCUT2D eigenvalue weighted by Gasteiger charge is 1.97. The third-order valence-electron chi connectivity index (χ3n) is 1.48. The van der Waals surface area contributed by atoms with E-state index in [1.165, 1.54) is 18.5 Å². The summed E-state index contributed by atoms with van der Waals surface area (Å²) in [6, 6.07) is 3.08. The molecular weight excluding hydrogens is 182 g/mol. The number of nitrogens with zero attached hydrogens (tertiary/aromatic N) is 2.